The van der Waals surface area contributed by atoms with E-state index in [1.54, 1.807) is 12.1 Å². The van der Waals surface area contributed by atoms with Crippen molar-refractivity contribution >= 4 is 33.6 Å². The molecule has 0 saturated heterocycles. The molecule has 0 bridgehead atoms. The molecule has 0 radical (unpaired) electrons. The van der Waals surface area contributed by atoms with Crippen molar-refractivity contribution in [3.63, 3.8) is 0 Å². The Hall–Kier alpha value is -2.33. The number of fused-ring (bicyclic) bond motifs is 1. The summed E-state index contributed by atoms with van der Waals surface area (Å²) in [7, 11) is 0.0187. The van der Waals surface area contributed by atoms with Gasteiger partial charge in [-0.05, 0) is 58.9 Å². The minimum absolute atomic E-state index is 0.0187. The van der Waals surface area contributed by atoms with Crippen LogP contribution < -0.4 is 0 Å². The molecule has 3 nitrogen and oxygen atoms in total. The topological polar surface area (TPSA) is 54.4 Å². The van der Waals surface area contributed by atoms with Gasteiger partial charge in [0.05, 0.1) is 0 Å². The molecule has 1 N–H and O–H groups in total. The van der Waals surface area contributed by atoms with E-state index < -0.39 is 11.8 Å². The molecule has 3 rings (SSSR count). The van der Waals surface area contributed by atoms with Gasteiger partial charge < -0.3 is 5.11 Å². The molecule has 2 aromatic rings. The summed E-state index contributed by atoms with van der Waals surface area (Å²) in [5.74, 6) is -2.31. The lowest BCUT2D eigenvalue weighted by Crippen LogP contribution is -2.34. The van der Waals surface area contributed by atoms with Crippen LogP contribution in [0.5, 0.6) is 0 Å². The summed E-state index contributed by atoms with van der Waals surface area (Å²) >= 11 is 0. The third-order valence-corrected chi connectivity index (χ3v) is 7.79. The summed E-state index contributed by atoms with van der Waals surface area (Å²) in [6.45, 7) is 11.6. The number of hydrogen-bond acceptors (Lipinski definition) is 2. The van der Waals surface area contributed by atoms with Crippen LogP contribution >= 0.6 is 0 Å². The molecular formula is C27H33O3S+. The van der Waals surface area contributed by atoms with Gasteiger partial charge in [0.2, 0.25) is 0 Å². The fourth-order valence-corrected chi connectivity index (χ4v) is 5.44. The Kier molecular flexibility index (Phi) is 6.25. The molecule has 0 amide bonds. The Labute approximate surface area is 188 Å². The van der Waals surface area contributed by atoms with Crippen LogP contribution in [-0.2, 0) is 26.5 Å². The van der Waals surface area contributed by atoms with Crippen LogP contribution in [-0.4, -0.2) is 29.4 Å². The predicted octanol–water partition coefficient (Wildman–Crippen LogP) is 5.99. The largest absolute Gasteiger partial charge is 0.475 e. The van der Waals surface area contributed by atoms with Crippen molar-refractivity contribution in [3.05, 3.63) is 69.8 Å². The third-order valence-electron chi connectivity index (χ3n) is 6.57. The molecule has 0 aromatic heterocycles. The summed E-state index contributed by atoms with van der Waals surface area (Å²) < 4.78 is 0. The van der Waals surface area contributed by atoms with Crippen molar-refractivity contribution in [2.45, 2.75) is 58.3 Å². The molecule has 0 aliphatic heterocycles. The van der Waals surface area contributed by atoms with Gasteiger partial charge in [-0.3, -0.25) is 4.79 Å². The van der Waals surface area contributed by atoms with Gasteiger partial charge >= 0.3 is 5.97 Å². The number of hydrogen-bond donors (Lipinski definition) is 1. The van der Waals surface area contributed by atoms with Crippen LogP contribution in [0.3, 0.4) is 0 Å². The first-order chi connectivity index (χ1) is 14.3. The number of ketones is 1. The first kappa shape index (κ1) is 23.3. The van der Waals surface area contributed by atoms with Crippen LogP contribution in [0.4, 0.5) is 0 Å². The number of carbonyl (C=O) groups is 2. The SMILES string of the molecule is Cc1cc2c(cc1/C(=C/c1ccc(C(=O)C(=O)O)cc1)[S+](C)C)C(C)(C)CCC2(C)C. The molecule has 2 aromatic carbocycles. The Bertz CT molecular complexity index is 1060. The smallest absolute Gasteiger partial charge is 0.377 e. The summed E-state index contributed by atoms with van der Waals surface area (Å²) in [4.78, 5) is 23.9. The second-order valence-electron chi connectivity index (χ2n) is 10.1. The lowest BCUT2D eigenvalue weighted by Gasteiger charge is -2.42. The molecule has 0 saturated carbocycles. The van der Waals surface area contributed by atoms with Gasteiger partial charge in [-0.2, -0.15) is 0 Å². The van der Waals surface area contributed by atoms with Crippen LogP contribution in [0, 0.1) is 6.92 Å². The monoisotopic (exact) mass is 437 g/mol. The number of benzene rings is 2. The normalized spacial score (nSPS) is 17.4. The summed E-state index contributed by atoms with van der Waals surface area (Å²) in [6.07, 6.45) is 9.00. The predicted molar refractivity (Wildman–Crippen MR) is 132 cm³/mol. The minimum Gasteiger partial charge on any atom is -0.475 e. The zero-order valence-electron chi connectivity index (χ0n) is 19.6. The van der Waals surface area contributed by atoms with Crippen LogP contribution in [0.1, 0.15) is 78.7 Å². The van der Waals surface area contributed by atoms with Crippen LogP contribution in [0.25, 0.3) is 11.0 Å². The van der Waals surface area contributed by atoms with Crippen molar-refractivity contribution < 1.29 is 14.7 Å². The first-order valence-corrected chi connectivity index (χ1v) is 12.7. The summed E-state index contributed by atoms with van der Waals surface area (Å²) in [6, 6.07) is 11.6. The Morgan fingerprint density at radius 2 is 1.45 bits per heavy atom. The van der Waals surface area contributed by atoms with Gasteiger partial charge in [-0.15, -0.1) is 0 Å². The van der Waals surface area contributed by atoms with Crippen LogP contribution in [0.15, 0.2) is 36.4 Å². The van der Waals surface area contributed by atoms with Crippen molar-refractivity contribution in [1.82, 2.24) is 0 Å². The number of aliphatic carboxylic acids is 1. The third kappa shape index (κ3) is 4.64. The van der Waals surface area contributed by atoms with Gasteiger partial charge in [0, 0.05) is 28.1 Å². The van der Waals surface area contributed by atoms with Gasteiger partial charge in [-0.25, -0.2) is 4.79 Å². The van der Waals surface area contributed by atoms with Crippen molar-refractivity contribution in [2.24, 2.45) is 0 Å². The molecule has 0 heterocycles. The highest BCUT2D eigenvalue weighted by Gasteiger charge is 2.38. The molecule has 164 valence electrons. The maximum atomic E-state index is 11.7. The Morgan fingerprint density at radius 3 is 1.94 bits per heavy atom. The zero-order valence-corrected chi connectivity index (χ0v) is 20.4. The number of rotatable bonds is 5. The number of aryl methyl sites for hydroxylation is 1. The summed E-state index contributed by atoms with van der Waals surface area (Å²) in [5, 5.41) is 8.92. The Balaban J connectivity index is 2.10. The standard InChI is InChI=1S/C27H32O3S/c1-17-14-21-22(27(4,5)13-12-26(21,2)3)16-20(17)23(31(6)7)15-18-8-10-19(11-9-18)24(28)25(29)30/h8-11,14-16H,12-13H2,1-7H3/p+1/b23-15-. The lowest BCUT2D eigenvalue weighted by atomic mass is 9.62. The fourth-order valence-electron chi connectivity index (χ4n) is 4.41. The van der Waals surface area contributed by atoms with E-state index in [2.05, 4.69) is 65.3 Å². The van der Waals surface area contributed by atoms with E-state index >= 15 is 0 Å². The molecule has 1 aliphatic carbocycles. The van der Waals surface area contributed by atoms with E-state index in [1.807, 2.05) is 12.1 Å². The van der Waals surface area contributed by atoms with E-state index in [4.69, 9.17) is 5.11 Å². The van der Waals surface area contributed by atoms with Gasteiger partial charge in [0.15, 0.2) is 4.91 Å². The minimum atomic E-state index is -1.43. The van der Waals surface area contributed by atoms with E-state index in [1.165, 1.54) is 40.0 Å². The highest BCUT2D eigenvalue weighted by Crippen LogP contribution is 2.47. The molecule has 0 fully saturated rings. The Morgan fingerprint density at radius 1 is 0.935 bits per heavy atom. The average molecular weight is 438 g/mol. The molecule has 0 unspecified atom stereocenters. The van der Waals surface area contributed by atoms with Crippen molar-refractivity contribution in [2.75, 3.05) is 12.5 Å². The van der Waals surface area contributed by atoms with E-state index in [0.29, 0.717) is 0 Å². The molecular weight excluding hydrogens is 404 g/mol. The van der Waals surface area contributed by atoms with Crippen LogP contribution in [0.2, 0.25) is 0 Å². The van der Waals surface area contributed by atoms with E-state index in [9.17, 15) is 9.59 Å². The number of carboxylic acids is 1. The van der Waals surface area contributed by atoms with Gasteiger partial charge in [0.1, 0.15) is 12.5 Å². The molecule has 1 aliphatic rings. The first-order valence-electron chi connectivity index (χ1n) is 10.7. The average Bonchev–Trinajstić information content (AvgIpc) is 2.69. The molecule has 0 atom stereocenters. The van der Waals surface area contributed by atoms with Gasteiger partial charge in [0.25, 0.3) is 5.78 Å². The van der Waals surface area contributed by atoms with E-state index in [-0.39, 0.29) is 27.3 Å². The summed E-state index contributed by atoms with van der Waals surface area (Å²) in [5.41, 5.74) is 6.98. The molecule has 0 spiro atoms. The van der Waals surface area contributed by atoms with Gasteiger partial charge in [-0.1, -0.05) is 58.0 Å². The fraction of sp³-hybridized carbons (Fsp3) is 0.407. The molecule has 4 heteroatoms. The zero-order chi connectivity index (χ0) is 23.1. The molecule has 31 heavy (non-hydrogen) atoms. The second kappa shape index (κ2) is 8.31. The quantitative estimate of drug-likeness (QED) is 0.271. The highest BCUT2D eigenvalue weighted by atomic mass is 32.2. The van der Waals surface area contributed by atoms with Crippen molar-refractivity contribution in [1.29, 1.82) is 0 Å². The van der Waals surface area contributed by atoms with Crippen molar-refractivity contribution in [3.8, 4) is 0 Å². The second-order valence-corrected chi connectivity index (χ2v) is 12.1. The number of carboxylic acid groups (broad SMARTS) is 1. The van der Waals surface area contributed by atoms with E-state index in [0.717, 1.165) is 5.56 Å². The maximum absolute atomic E-state index is 11.7. The highest BCUT2D eigenvalue weighted by molar-refractivity contribution is 8.04. The maximum Gasteiger partial charge on any atom is 0.377 e. The number of Topliss-reactive ketones (excluding diaryl/α,β-unsaturated/α-hetero) is 1. The lowest BCUT2D eigenvalue weighted by molar-refractivity contribution is -0.131. The number of carbonyl (C=O) groups excluding carboxylic acids is 1.